The van der Waals surface area contributed by atoms with Gasteiger partial charge in [0.05, 0.1) is 23.8 Å². The first kappa shape index (κ1) is 20.7. The zero-order valence-corrected chi connectivity index (χ0v) is 17.2. The highest BCUT2D eigenvalue weighted by atomic mass is 32.2. The molecule has 3 aromatic carbocycles. The summed E-state index contributed by atoms with van der Waals surface area (Å²) >= 11 is 0. The summed E-state index contributed by atoms with van der Waals surface area (Å²) < 4.78 is 36.4. The maximum Gasteiger partial charge on any atom is 0.240 e. The number of sulfone groups is 1. The Balaban J connectivity index is 1.80. The van der Waals surface area contributed by atoms with Crippen LogP contribution in [0.15, 0.2) is 65.6 Å². The predicted molar refractivity (Wildman–Crippen MR) is 113 cm³/mol. The van der Waals surface area contributed by atoms with Gasteiger partial charge in [0.1, 0.15) is 17.3 Å². The van der Waals surface area contributed by atoms with Crippen molar-refractivity contribution in [1.29, 1.82) is 0 Å². The molecule has 0 fully saturated rings. The Labute approximate surface area is 170 Å². The molecule has 7 heteroatoms. The number of nitrogens with one attached hydrogen (secondary N) is 1. The fourth-order valence-corrected chi connectivity index (χ4v) is 4.11. The first-order valence-electron chi connectivity index (χ1n) is 9.34. The number of fused-ring (bicyclic) bond motifs is 1. The van der Waals surface area contributed by atoms with E-state index in [0.29, 0.717) is 30.4 Å². The SMILES string of the molecule is CCOc1ccc(OCC)c(NC(=O)CS(=O)(=O)c2ccc3ccccc3c2)c1. The van der Waals surface area contributed by atoms with E-state index >= 15 is 0 Å². The van der Waals surface area contributed by atoms with Gasteiger partial charge in [-0.3, -0.25) is 4.79 Å². The standard InChI is InChI=1S/C22H23NO5S/c1-3-27-18-10-12-21(28-4-2)20(14-18)23-22(24)15-29(25,26)19-11-9-16-7-5-6-8-17(16)13-19/h5-14H,3-4,15H2,1-2H3,(H,23,24). The minimum Gasteiger partial charge on any atom is -0.494 e. The summed E-state index contributed by atoms with van der Waals surface area (Å²) in [6.45, 7) is 4.56. The summed E-state index contributed by atoms with van der Waals surface area (Å²) in [5.74, 6) is -0.306. The van der Waals surface area contributed by atoms with E-state index in [-0.39, 0.29) is 4.90 Å². The van der Waals surface area contributed by atoms with Crippen LogP contribution in [0.2, 0.25) is 0 Å². The molecule has 0 bridgehead atoms. The predicted octanol–water partition coefficient (Wildman–Crippen LogP) is 4.05. The topological polar surface area (TPSA) is 81.7 Å². The average molecular weight is 413 g/mol. The molecule has 0 saturated heterocycles. The van der Waals surface area contributed by atoms with Gasteiger partial charge < -0.3 is 14.8 Å². The second kappa shape index (κ2) is 8.96. The zero-order valence-electron chi connectivity index (χ0n) is 16.3. The third-order valence-electron chi connectivity index (χ3n) is 4.24. The van der Waals surface area contributed by atoms with E-state index in [1.54, 1.807) is 30.3 Å². The number of hydrogen-bond acceptors (Lipinski definition) is 5. The first-order valence-corrected chi connectivity index (χ1v) is 11.0. The lowest BCUT2D eigenvalue weighted by atomic mass is 10.1. The van der Waals surface area contributed by atoms with Crippen molar-refractivity contribution in [3.05, 3.63) is 60.7 Å². The second-order valence-corrected chi connectivity index (χ2v) is 8.33. The van der Waals surface area contributed by atoms with Gasteiger partial charge in [0.25, 0.3) is 0 Å². The van der Waals surface area contributed by atoms with Crippen LogP contribution < -0.4 is 14.8 Å². The minimum atomic E-state index is -3.80. The summed E-state index contributed by atoms with van der Waals surface area (Å²) in [5, 5.41) is 4.37. The molecular formula is C22H23NO5S. The smallest absolute Gasteiger partial charge is 0.240 e. The molecule has 0 atom stereocenters. The number of ether oxygens (including phenoxy) is 2. The van der Waals surface area contributed by atoms with Gasteiger partial charge in [-0.25, -0.2) is 8.42 Å². The van der Waals surface area contributed by atoms with Crippen LogP contribution in [0.3, 0.4) is 0 Å². The van der Waals surface area contributed by atoms with Gasteiger partial charge in [-0.15, -0.1) is 0 Å². The molecule has 1 N–H and O–H groups in total. The maximum absolute atomic E-state index is 12.7. The van der Waals surface area contributed by atoms with Crippen LogP contribution in [0.1, 0.15) is 13.8 Å². The van der Waals surface area contributed by atoms with Crippen molar-refractivity contribution in [3.8, 4) is 11.5 Å². The van der Waals surface area contributed by atoms with E-state index in [2.05, 4.69) is 5.32 Å². The maximum atomic E-state index is 12.7. The van der Waals surface area contributed by atoms with Crippen LogP contribution in [-0.2, 0) is 14.6 Å². The Morgan fingerprint density at radius 1 is 0.897 bits per heavy atom. The molecule has 0 radical (unpaired) electrons. The highest BCUT2D eigenvalue weighted by Gasteiger charge is 2.21. The highest BCUT2D eigenvalue weighted by molar-refractivity contribution is 7.92. The van der Waals surface area contributed by atoms with E-state index in [0.717, 1.165) is 10.8 Å². The minimum absolute atomic E-state index is 0.111. The molecule has 0 unspecified atom stereocenters. The summed E-state index contributed by atoms with van der Waals surface area (Å²) in [7, 11) is -3.80. The molecule has 6 nitrogen and oxygen atoms in total. The van der Waals surface area contributed by atoms with Gasteiger partial charge >= 0.3 is 0 Å². The van der Waals surface area contributed by atoms with Crippen molar-refractivity contribution in [2.24, 2.45) is 0 Å². The molecule has 0 heterocycles. The Bertz CT molecular complexity index is 1130. The van der Waals surface area contributed by atoms with Crippen LogP contribution in [0.25, 0.3) is 10.8 Å². The van der Waals surface area contributed by atoms with Gasteiger partial charge in [-0.2, -0.15) is 0 Å². The van der Waals surface area contributed by atoms with Crippen LogP contribution in [-0.4, -0.2) is 33.3 Å². The number of anilines is 1. The summed E-state index contributed by atoms with van der Waals surface area (Å²) in [5.41, 5.74) is 0.372. The molecule has 29 heavy (non-hydrogen) atoms. The molecular weight excluding hydrogens is 390 g/mol. The number of amides is 1. The summed E-state index contributed by atoms with van der Waals surface area (Å²) in [6.07, 6.45) is 0. The van der Waals surface area contributed by atoms with E-state index in [9.17, 15) is 13.2 Å². The largest absolute Gasteiger partial charge is 0.494 e. The molecule has 3 aromatic rings. The molecule has 152 valence electrons. The summed E-state index contributed by atoms with van der Waals surface area (Å²) in [4.78, 5) is 12.6. The van der Waals surface area contributed by atoms with E-state index in [4.69, 9.17) is 9.47 Å². The lowest BCUT2D eigenvalue weighted by Crippen LogP contribution is -2.23. The van der Waals surface area contributed by atoms with Gasteiger partial charge in [0, 0.05) is 6.07 Å². The molecule has 0 spiro atoms. The molecule has 0 aromatic heterocycles. The summed E-state index contributed by atoms with van der Waals surface area (Å²) in [6, 6.07) is 17.3. The van der Waals surface area contributed by atoms with Crippen molar-refractivity contribution in [1.82, 2.24) is 0 Å². The lowest BCUT2D eigenvalue weighted by Gasteiger charge is -2.14. The van der Waals surface area contributed by atoms with Crippen molar-refractivity contribution in [3.63, 3.8) is 0 Å². The molecule has 0 aliphatic rings. The van der Waals surface area contributed by atoms with E-state index in [1.165, 1.54) is 6.07 Å². The Kier molecular flexibility index (Phi) is 6.39. The second-order valence-electron chi connectivity index (χ2n) is 6.34. The van der Waals surface area contributed by atoms with E-state index < -0.39 is 21.5 Å². The van der Waals surface area contributed by atoms with Gasteiger partial charge in [0.15, 0.2) is 9.84 Å². The Morgan fingerprint density at radius 3 is 2.34 bits per heavy atom. The average Bonchev–Trinajstić information content (AvgIpc) is 2.69. The fourth-order valence-electron chi connectivity index (χ4n) is 2.95. The van der Waals surface area contributed by atoms with Crippen molar-refractivity contribution in [2.75, 3.05) is 24.3 Å². The zero-order chi connectivity index (χ0) is 20.9. The highest BCUT2D eigenvalue weighted by Crippen LogP contribution is 2.29. The van der Waals surface area contributed by atoms with Crippen molar-refractivity contribution >= 4 is 32.2 Å². The number of benzene rings is 3. The fraction of sp³-hybridized carbons (Fsp3) is 0.227. The molecule has 0 aliphatic carbocycles. The first-order chi connectivity index (χ1) is 13.9. The normalized spacial score (nSPS) is 11.2. The van der Waals surface area contributed by atoms with Crippen LogP contribution in [0, 0.1) is 0 Å². The Morgan fingerprint density at radius 2 is 1.62 bits per heavy atom. The van der Waals surface area contributed by atoms with Gasteiger partial charge in [-0.05, 0) is 48.9 Å². The van der Waals surface area contributed by atoms with Gasteiger partial charge in [0.2, 0.25) is 5.91 Å². The number of rotatable bonds is 8. The third-order valence-corrected chi connectivity index (χ3v) is 5.85. The molecule has 1 amide bonds. The molecule has 3 rings (SSSR count). The van der Waals surface area contributed by atoms with Crippen molar-refractivity contribution in [2.45, 2.75) is 18.7 Å². The lowest BCUT2D eigenvalue weighted by molar-refractivity contribution is -0.113. The Hall–Kier alpha value is -3.06. The molecule has 0 aliphatic heterocycles. The number of carbonyl (C=O) groups is 1. The van der Waals surface area contributed by atoms with Crippen LogP contribution >= 0.6 is 0 Å². The third kappa shape index (κ3) is 5.06. The van der Waals surface area contributed by atoms with Crippen LogP contribution in [0.5, 0.6) is 11.5 Å². The molecule has 0 saturated carbocycles. The number of carbonyl (C=O) groups excluding carboxylic acids is 1. The number of hydrogen-bond donors (Lipinski definition) is 1. The monoisotopic (exact) mass is 413 g/mol. The van der Waals surface area contributed by atoms with Crippen LogP contribution in [0.4, 0.5) is 5.69 Å². The quantitative estimate of drug-likeness (QED) is 0.602. The van der Waals surface area contributed by atoms with Gasteiger partial charge in [-0.1, -0.05) is 30.3 Å². The van der Waals surface area contributed by atoms with E-state index in [1.807, 2.05) is 38.1 Å². The van der Waals surface area contributed by atoms with Crippen molar-refractivity contribution < 1.29 is 22.7 Å².